The fourth-order valence-corrected chi connectivity index (χ4v) is 6.64. The van der Waals surface area contributed by atoms with Gasteiger partial charge in [-0.15, -0.1) is 0 Å². The summed E-state index contributed by atoms with van der Waals surface area (Å²) in [4.78, 5) is 58.0. The van der Waals surface area contributed by atoms with Crippen molar-refractivity contribution in [3.8, 4) is 5.69 Å². The monoisotopic (exact) mass is 707 g/mol. The zero-order chi connectivity index (χ0) is 37.2. The van der Waals surface area contributed by atoms with Gasteiger partial charge in [0.2, 0.25) is 5.91 Å². The number of carbonyl (C=O) groups excluding carboxylic acids is 4. The van der Waals surface area contributed by atoms with E-state index in [-0.39, 0.29) is 42.6 Å². The van der Waals surface area contributed by atoms with Crippen LogP contribution in [0.3, 0.4) is 0 Å². The molecule has 1 aliphatic rings. The van der Waals surface area contributed by atoms with Gasteiger partial charge >= 0.3 is 5.97 Å². The van der Waals surface area contributed by atoms with Crippen molar-refractivity contribution in [3.05, 3.63) is 113 Å². The van der Waals surface area contributed by atoms with E-state index in [2.05, 4.69) is 19.2 Å². The van der Waals surface area contributed by atoms with Crippen molar-refractivity contribution in [1.29, 1.82) is 0 Å². The first-order valence-electron chi connectivity index (χ1n) is 18.1. The number of nitrogens with one attached hydrogen (secondary N) is 1. The molecule has 5 rings (SSSR count). The molecule has 2 unspecified atom stereocenters. The zero-order valence-corrected chi connectivity index (χ0v) is 30.5. The molecule has 0 bridgehead atoms. The molecule has 2 heterocycles. The maximum Gasteiger partial charge on any atom is 0.306 e. The second-order valence-corrected chi connectivity index (χ2v) is 13.3. The average molecular weight is 708 g/mol. The van der Waals surface area contributed by atoms with Crippen molar-refractivity contribution in [1.82, 2.24) is 19.6 Å². The standard InChI is InChI=1S/C41H49N5O6/c1-5-7-20-44(21-8-6-2)41(51)36-22-28(3)46(43-36)37-19-18-32(42-39(49)34(25-38(48)52-4)29-14-10-9-11-15-29)24-35(37)40(50)45-26-31-17-13-12-16-30(31)23-33(45)27-47/h9-19,22,24,33-34,47H,5-8,20-21,23,25-27H2,1-4H3,(H,42,49). The lowest BCUT2D eigenvalue weighted by Gasteiger charge is -2.36. The van der Waals surface area contributed by atoms with Crippen LogP contribution >= 0.6 is 0 Å². The highest BCUT2D eigenvalue weighted by Gasteiger charge is 2.33. The topological polar surface area (TPSA) is 134 Å². The predicted molar refractivity (Wildman–Crippen MR) is 199 cm³/mol. The van der Waals surface area contributed by atoms with Crippen LogP contribution in [-0.2, 0) is 27.3 Å². The number of hydrogen-bond donors (Lipinski definition) is 2. The van der Waals surface area contributed by atoms with Gasteiger partial charge in [0.15, 0.2) is 5.69 Å². The number of aliphatic hydroxyl groups excluding tert-OH is 1. The van der Waals surface area contributed by atoms with E-state index in [1.54, 1.807) is 58.1 Å². The predicted octanol–water partition coefficient (Wildman–Crippen LogP) is 6.07. The van der Waals surface area contributed by atoms with Crippen LogP contribution in [0.1, 0.15) is 95.1 Å². The Morgan fingerprint density at radius 3 is 2.27 bits per heavy atom. The van der Waals surface area contributed by atoms with Crippen LogP contribution in [0.5, 0.6) is 0 Å². The number of aliphatic hydroxyl groups is 1. The van der Waals surface area contributed by atoms with E-state index < -0.39 is 23.8 Å². The van der Waals surface area contributed by atoms with Gasteiger partial charge in [-0.2, -0.15) is 5.10 Å². The van der Waals surface area contributed by atoms with Gasteiger partial charge in [0, 0.05) is 31.0 Å². The largest absolute Gasteiger partial charge is 0.469 e. The summed E-state index contributed by atoms with van der Waals surface area (Å²) < 4.78 is 6.48. The van der Waals surface area contributed by atoms with E-state index in [0.717, 1.165) is 36.8 Å². The Kier molecular flexibility index (Phi) is 13.0. The lowest BCUT2D eigenvalue weighted by atomic mass is 9.93. The fraction of sp³-hybridized carbons (Fsp3) is 0.390. The van der Waals surface area contributed by atoms with Crippen LogP contribution in [0.15, 0.2) is 78.9 Å². The first kappa shape index (κ1) is 38.0. The van der Waals surface area contributed by atoms with Crippen LogP contribution in [0.25, 0.3) is 5.69 Å². The molecule has 4 aromatic rings. The Balaban J connectivity index is 1.55. The zero-order valence-electron chi connectivity index (χ0n) is 30.5. The Morgan fingerprint density at radius 1 is 0.942 bits per heavy atom. The molecule has 11 heteroatoms. The van der Waals surface area contributed by atoms with Gasteiger partial charge in [-0.05, 0) is 67.1 Å². The van der Waals surface area contributed by atoms with E-state index in [0.29, 0.717) is 42.1 Å². The van der Waals surface area contributed by atoms with E-state index >= 15 is 0 Å². The number of aryl methyl sites for hydroxylation is 1. The summed E-state index contributed by atoms with van der Waals surface area (Å²) in [6, 6.07) is 23.1. The van der Waals surface area contributed by atoms with Crippen molar-refractivity contribution in [2.24, 2.45) is 0 Å². The first-order valence-corrected chi connectivity index (χ1v) is 18.1. The summed E-state index contributed by atoms with van der Waals surface area (Å²) in [6.07, 6.45) is 4.01. The Hall–Kier alpha value is -5.29. The number of carbonyl (C=O) groups is 4. The van der Waals surface area contributed by atoms with Gasteiger partial charge in [0.25, 0.3) is 11.8 Å². The molecule has 1 aromatic heterocycles. The van der Waals surface area contributed by atoms with Crippen LogP contribution in [-0.4, -0.2) is 81.2 Å². The van der Waals surface area contributed by atoms with Gasteiger partial charge in [-0.1, -0.05) is 81.3 Å². The fourth-order valence-electron chi connectivity index (χ4n) is 6.64. The Morgan fingerprint density at radius 2 is 1.62 bits per heavy atom. The molecule has 0 spiro atoms. The lowest BCUT2D eigenvalue weighted by molar-refractivity contribution is -0.142. The normalized spacial score (nSPS) is 14.3. The Labute approximate surface area is 305 Å². The number of fused-ring (bicyclic) bond motifs is 1. The minimum Gasteiger partial charge on any atom is -0.469 e. The summed E-state index contributed by atoms with van der Waals surface area (Å²) in [6.45, 7) is 7.35. The summed E-state index contributed by atoms with van der Waals surface area (Å²) >= 11 is 0. The number of amides is 3. The molecule has 0 radical (unpaired) electrons. The maximum absolute atomic E-state index is 14.7. The third-order valence-electron chi connectivity index (χ3n) is 9.62. The minimum absolute atomic E-state index is 0.161. The van der Waals surface area contributed by atoms with Crippen LogP contribution < -0.4 is 5.32 Å². The van der Waals surface area contributed by atoms with Crippen LogP contribution in [0.4, 0.5) is 5.69 Å². The SMILES string of the molecule is CCCCN(CCCC)C(=O)c1cc(C)n(-c2ccc(NC(=O)C(CC(=O)OC)c3ccccc3)cc2C(=O)N2Cc3ccccc3CC2CO)n1. The number of esters is 1. The molecule has 52 heavy (non-hydrogen) atoms. The molecule has 2 atom stereocenters. The molecule has 274 valence electrons. The number of anilines is 1. The second kappa shape index (κ2) is 17.8. The molecule has 3 amide bonds. The molecule has 0 aliphatic carbocycles. The molecule has 0 saturated heterocycles. The van der Waals surface area contributed by atoms with Gasteiger partial charge in [0.1, 0.15) is 0 Å². The lowest BCUT2D eigenvalue weighted by Crippen LogP contribution is -2.46. The van der Waals surface area contributed by atoms with Crippen molar-refractivity contribution in [3.63, 3.8) is 0 Å². The van der Waals surface area contributed by atoms with Crippen molar-refractivity contribution in [2.75, 3.05) is 32.1 Å². The van der Waals surface area contributed by atoms with E-state index in [1.165, 1.54) is 7.11 Å². The van der Waals surface area contributed by atoms with E-state index in [9.17, 15) is 24.3 Å². The summed E-state index contributed by atoms with van der Waals surface area (Å²) in [5.74, 6) is -2.33. The number of hydrogen-bond acceptors (Lipinski definition) is 7. The molecule has 1 aliphatic heterocycles. The van der Waals surface area contributed by atoms with Crippen LogP contribution in [0, 0.1) is 6.92 Å². The van der Waals surface area contributed by atoms with Crippen molar-refractivity contribution in [2.45, 2.75) is 77.8 Å². The van der Waals surface area contributed by atoms with Gasteiger partial charge < -0.3 is 25.0 Å². The van der Waals surface area contributed by atoms with Gasteiger partial charge in [0.05, 0.1) is 43.3 Å². The minimum atomic E-state index is -0.838. The number of rotatable bonds is 15. The Bertz CT molecular complexity index is 1860. The second-order valence-electron chi connectivity index (χ2n) is 13.3. The molecule has 0 saturated carbocycles. The third kappa shape index (κ3) is 8.77. The molecule has 0 fully saturated rings. The van der Waals surface area contributed by atoms with Crippen molar-refractivity contribution < 1.29 is 29.0 Å². The molecule has 2 N–H and O–H groups in total. The van der Waals surface area contributed by atoms with Gasteiger partial charge in [-0.3, -0.25) is 19.2 Å². The molecular formula is C41H49N5O6. The van der Waals surface area contributed by atoms with E-state index in [4.69, 9.17) is 9.84 Å². The number of benzene rings is 3. The highest BCUT2D eigenvalue weighted by Crippen LogP contribution is 2.30. The quantitative estimate of drug-likeness (QED) is 0.143. The first-order chi connectivity index (χ1) is 25.2. The summed E-state index contributed by atoms with van der Waals surface area (Å²) in [5, 5.41) is 18.1. The average Bonchev–Trinajstić information content (AvgIpc) is 3.56. The number of aromatic nitrogens is 2. The van der Waals surface area contributed by atoms with E-state index in [1.807, 2.05) is 42.2 Å². The van der Waals surface area contributed by atoms with Gasteiger partial charge in [-0.25, -0.2) is 4.68 Å². The number of methoxy groups -OCH3 is 1. The van der Waals surface area contributed by atoms with Crippen molar-refractivity contribution >= 4 is 29.4 Å². The van der Waals surface area contributed by atoms with Crippen LogP contribution in [0.2, 0.25) is 0 Å². The molecule has 3 aromatic carbocycles. The number of ether oxygens (including phenoxy) is 1. The molecule has 11 nitrogen and oxygen atoms in total. The highest BCUT2D eigenvalue weighted by molar-refractivity contribution is 6.02. The molecular weight excluding hydrogens is 658 g/mol. The maximum atomic E-state index is 14.7. The summed E-state index contributed by atoms with van der Waals surface area (Å²) in [5.41, 5.74) is 4.66. The number of nitrogens with zero attached hydrogens (tertiary/aromatic N) is 4. The third-order valence-corrected chi connectivity index (χ3v) is 9.62. The summed E-state index contributed by atoms with van der Waals surface area (Å²) in [7, 11) is 1.28. The number of unbranched alkanes of at least 4 members (excludes halogenated alkanes) is 2. The highest BCUT2D eigenvalue weighted by atomic mass is 16.5. The smallest absolute Gasteiger partial charge is 0.306 e.